The van der Waals surface area contributed by atoms with E-state index in [2.05, 4.69) is 5.32 Å². The van der Waals surface area contributed by atoms with E-state index in [1.54, 1.807) is 31.2 Å². The molecule has 1 amide bonds. The predicted octanol–water partition coefficient (Wildman–Crippen LogP) is 2.47. The van der Waals surface area contributed by atoms with Crippen LogP contribution in [-0.4, -0.2) is 11.9 Å². The summed E-state index contributed by atoms with van der Waals surface area (Å²) in [5.74, 6) is -2.21. The largest absolute Gasteiger partial charge is 0.550 e. The zero-order valence-corrected chi connectivity index (χ0v) is 12.4. The lowest BCUT2D eigenvalue weighted by Crippen LogP contribution is -2.36. The van der Waals surface area contributed by atoms with Crippen molar-refractivity contribution in [2.45, 2.75) is 33.1 Å². The Labute approximate surface area is 124 Å². The highest BCUT2D eigenvalue weighted by molar-refractivity contribution is 6.33. The molecule has 0 bridgehead atoms. The number of para-hydroxylation sites is 1. The average Bonchev–Trinajstić information content (AvgIpc) is 2.38. The Balaban J connectivity index is 2.61. The summed E-state index contributed by atoms with van der Waals surface area (Å²) in [5, 5.41) is 14.2. The number of carboxylic acids is 1. The minimum atomic E-state index is -1.09. The van der Waals surface area contributed by atoms with Crippen LogP contribution in [0, 0.1) is 11.8 Å². The van der Waals surface area contributed by atoms with Crippen LogP contribution in [0.15, 0.2) is 24.3 Å². The third-order valence-corrected chi connectivity index (χ3v) is 3.57. The summed E-state index contributed by atoms with van der Waals surface area (Å²) >= 11 is 5.95. The molecule has 1 N–H and O–H groups in total. The third-order valence-electron chi connectivity index (χ3n) is 3.24. The van der Waals surface area contributed by atoms with Crippen LogP contribution in [0.25, 0.3) is 0 Å². The van der Waals surface area contributed by atoms with E-state index in [9.17, 15) is 14.7 Å². The molecule has 1 aromatic carbocycles. The number of hydrogen-bond donors (Lipinski definition) is 1. The van der Waals surface area contributed by atoms with E-state index < -0.39 is 11.9 Å². The lowest BCUT2D eigenvalue weighted by atomic mass is 9.87. The van der Waals surface area contributed by atoms with Gasteiger partial charge in [0.25, 0.3) is 0 Å². The molecule has 1 aromatic rings. The van der Waals surface area contributed by atoms with Gasteiger partial charge in [0.2, 0.25) is 5.91 Å². The highest BCUT2D eigenvalue weighted by Gasteiger charge is 2.20. The number of carbonyl (C=O) groups excluding carboxylic acids is 2. The van der Waals surface area contributed by atoms with E-state index in [4.69, 9.17) is 11.6 Å². The molecule has 0 radical (unpaired) electrons. The first-order valence-corrected chi connectivity index (χ1v) is 7.08. The molecule has 0 aromatic heterocycles. The molecule has 1 rings (SSSR count). The molecule has 0 aliphatic rings. The number of carboxylic acid groups (broad SMARTS) is 1. The van der Waals surface area contributed by atoms with Crippen molar-refractivity contribution in [3.8, 4) is 0 Å². The topological polar surface area (TPSA) is 69.2 Å². The Hall–Kier alpha value is -1.55. The number of anilines is 1. The van der Waals surface area contributed by atoms with E-state index in [1.807, 2.05) is 6.92 Å². The molecule has 0 spiro atoms. The van der Waals surface area contributed by atoms with Crippen LogP contribution < -0.4 is 10.4 Å². The van der Waals surface area contributed by atoms with Gasteiger partial charge in [0.15, 0.2) is 0 Å². The van der Waals surface area contributed by atoms with Crippen LogP contribution >= 0.6 is 11.6 Å². The van der Waals surface area contributed by atoms with Gasteiger partial charge in [-0.15, -0.1) is 0 Å². The summed E-state index contributed by atoms with van der Waals surface area (Å²) in [6, 6.07) is 6.93. The molecule has 2 unspecified atom stereocenters. The second-order valence-electron chi connectivity index (χ2n) is 4.92. The van der Waals surface area contributed by atoms with Crippen molar-refractivity contribution in [2.24, 2.45) is 11.8 Å². The number of hydrogen-bond acceptors (Lipinski definition) is 3. The van der Waals surface area contributed by atoms with Crippen molar-refractivity contribution in [1.82, 2.24) is 0 Å². The summed E-state index contributed by atoms with van der Waals surface area (Å²) in [6.07, 6.45) is 1.39. The Morgan fingerprint density at radius 1 is 1.35 bits per heavy atom. The van der Waals surface area contributed by atoms with Crippen LogP contribution in [0.4, 0.5) is 5.69 Å². The maximum Gasteiger partial charge on any atom is 0.224 e. The van der Waals surface area contributed by atoms with Crippen molar-refractivity contribution in [2.75, 3.05) is 5.32 Å². The summed E-state index contributed by atoms with van der Waals surface area (Å²) < 4.78 is 0. The molecule has 2 atom stereocenters. The molecule has 0 aliphatic carbocycles. The minimum Gasteiger partial charge on any atom is -0.550 e. The molecular formula is C15H19ClNO3-. The smallest absolute Gasteiger partial charge is 0.224 e. The Morgan fingerprint density at radius 3 is 2.55 bits per heavy atom. The molecular weight excluding hydrogens is 278 g/mol. The van der Waals surface area contributed by atoms with Gasteiger partial charge in [-0.25, -0.2) is 0 Å². The van der Waals surface area contributed by atoms with Gasteiger partial charge in [0, 0.05) is 18.3 Å². The highest BCUT2D eigenvalue weighted by Crippen LogP contribution is 2.23. The average molecular weight is 297 g/mol. The second kappa shape index (κ2) is 7.90. The summed E-state index contributed by atoms with van der Waals surface area (Å²) in [5.41, 5.74) is 0.534. The van der Waals surface area contributed by atoms with Gasteiger partial charge in [-0.1, -0.05) is 44.0 Å². The molecule has 0 fully saturated rings. The number of rotatable bonds is 7. The fourth-order valence-corrected chi connectivity index (χ4v) is 2.33. The van der Waals surface area contributed by atoms with Gasteiger partial charge in [-0.2, -0.15) is 0 Å². The van der Waals surface area contributed by atoms with Crippen LogP contribution in [0.1, 0.15) is 33.1 Å². The van der Waals surface area contributed by atoms with Crippen molar-refractivity contribution in [1.29, 1.82) is 0 Å². The number of aliphatic carboxylic acids is 1. The number of carbonyl (C=O) groups is 2. The van der Waals surface area contributed by atoms with Crippen molar-refractivity contribution in [3.05, 3.63) is 29.3 Å². The molecule has 110 valence electrons. The Bertz CT molecular complexity index is 476. The standard InChI is InChI=1S/C15H20ClNO3/c1-3-6-11(15(19)20)10(2)9-14(18)17-13-8-5-4-7-12(13)16/h4-5,7-8,10-11H,3,6,9H2,1-2H3,(H,17,18)(H,19,20)/p-1. The SMILES string of the molecule is CCCC(C(=O)[O-])C(C)CC(=O)Nc1ccccc1Cl. The van der Waals surface area contributed by atoms with E-state index in [1.165, 1.54) is 0 Å². The van der Waals surface area contributed by atoms with Crippen molar-refractivity contribution >= 4 is 29.2 Å². The monoisotopic (exact) mass is 296 g/mol. The molecule has 5 heteroatoms. The third kappa shape index (κ3) is 4.85. The fraction of sp³-hybridized carbons (Fsp3) is 0.467. The zero-order chi connectivity index (χ0) is 15.1. The van der Waals surface area contributed by atoms with Gasteiger partial charge in [0.05, 0.1) is 10.7 Å². The van der Waals surface area contributed by atoms with E-state index in [0.29, 0.717) is 17.1 Å². The van der Waals surface area contributed by atoms with Crippen LogP contribution in [0.2, 0.25) is 5.02 Å². The van der Waals surface area contributed by atoms with Crippen LogP contribution in [-0.2, 0) is 9.59 Å². The number of halogens is 1. The molecule has 4 nitrogen and oxygen atoms in total. The first kappa shape index (κ1) is 16.5. The van der Waals surface area contributed by atoms with Gasteiger partial charge < -0.3 is 15.2 Å². The molecule has 0 heterocycles. The minimum absolute atomic E-state index is 0.129. The Kier molecular flexibility index (Phi) is 6.52. The summed E-state index contributed by atoms with van der Waals surface area (Å²) in [7, 11) is 0. The predicted molar refractivity (Wildman–Crippen MR) is 77.3 cm³/mol. The lowest BCUT2D eigenvalue weighted by Gasteiger charge is -2.24. The van der Waals surface area contributed by atoms with Gasteiger partial charge in [-0.3, -0.25) is 4.79 Å². The number of benzene rings is 1. The molecule has 0 saturated carbocycles. The summed E-state index contributed by atoms with van der Waals surface area (Å²) in [4.78, 5) is 23.0. The molecule has 0 aliphatic heterocycles. The van der Waals surface area contributed by atoms with Gasteiger partial charge >= 0.3 is 0 Å². The molecule has 20 heavy (non-hydrogen) atoms. The quantitative estimate of drug-likeness (QED) is 0.840. The maximum absolute atomic E-state index is 11.9. The van der Waals surface area contributed by atoms with Crippen molar-refractivity contribution in [3.63, 3.8) is 0 Å². The zero-order valence-electron chi connectivity index (χ0n) is 11.7. The molecule has 0 saturated heterocycles. The van der Waals surface area contributed by atoms with Crippen LogP contribution in [0.5, 0.6) is 0 Å². The Morgan fingerprint density at radius 2 is 2.00 bits per heavy atom. The first-order valence-electron chi connectivity index (χ1n) is 6.71. The second-order valence-corrected chi connectivity index (χ2v) is 5.33. The van der Waals surface area contributed by atoms with E-state index in [0.717, 1.165) is 6.42 Å². The van der Waals surface area contributed by atoms with E-state index >= 15 is 0 Å². The van der Waals surface area contributed by atoms with Crippen LogP contribution in [0.3, 0.4) is 0 Å². The normalized spacial score (nSPS) is 13.6. The fourth-order valence-electron chi connectivity index (χ4n) is 2.14. The van der Waals surface area contributed by atoms with Gasteiger partial charge in [-0.05, 0) is 24.5 Å². The summed E-state index contributed by atoms with van der Waals surface area (Å²) in [6.45, 7) is 3.66. The van der Waals surface area contributed by atoms with E-state index in [-0.39, 0.29) is 18.2 Å². The van der Waals surface area contributed by atoms with Crippen molar-refractivity contribution < 1.29 is 14.7 Å². The highest BCUT2D eigenvalue weighted by atomic mass is 35.5. The number of amides is 1. The maximum atomic E-state index is 11.9. The number of nitrogens with one attached hydrogen (secondary N) is 1. The first-order chi connectivity index (χ1) is 9.45. The lowest BCUT2D eigenvalue weighted by molar-refractivity contribution is -0.313. The van der Waals surface area contributed by atoms with Gasteiger partial charge in [0.1, 0.15) is 0 Å².